The largest absolute Gasteiger partial charge is 0.423 e. The van der Waals surface area contributed by atoms with Crippen molar-refractivity contribution in [1.82, 2.24) is 4.98 Å². The van der Waals surface area contributed by atoms with Crippen molar-refractivity contribution in [3.63, 3.8) is 0 Å². The second kappa shape index (κ2) is 7.05. The Kier molecular flexibility index (Phi) is 4.25. The first-order chi connectivity index (χ1) is 13.8. The quantitative estimate of drug-likeness (QED) is 0.691. The van der Waals surface area contributed by atoms with Gasteiger partial charge in [-0.15, -0.1) is 0 Å². The first-order valence-corrected chi connectivity index (χ1v) is 9.84. The van der Waals surface area contributed by atoms with Crippen LogP contribution in [0.25, 0.3) is 0 Å². The van der Waals surface area contributed by atoms with Crippen LogP contribution in [-0.4, -0.2) is 31.2 Å². The molecule has 1 saturated heterocycles. The van der Waals surface area contributed by atoms with Crippen molar-refractivity contribution in [1.29, 1.82) is 5.26 Å². The average molecular weight is 370 g/mol. The lowest BCUT2D eigenvalue weighted by molar-refractivity contribution is 0.476. The molecule has 2 aliphatic rings. The molecule has 1 aliphatic heterocycles. The molecule has 5 rings (SSSR count). The highest BCUT2D eigenvalue weighted by atomic mass is 16.4. The number of aromatic nitrogens is 1. The highest BCUT2D eigenvalue weighted by Gasteiger charge is 2.44. The summed E-state index contributed by atoms with van der Waals surface area (Å²) in [6.45, 7) is 3.46. The van der Waals surface area contributed by atoms with Crippen LogP contribution < -0.4 is 9.80 Å². The molecular formula is C23H22N4O. The van der Waals surface area contributed by atoms with Gasteiger partial charge in [-0.25, -0.2) is 4.98 Å². The Morgan fingerprint density at radius 3 is 2.18 bits per heavy atom. The molecule has 0 N–H and O–H groups in total. The van der Waals surface area contributed by atoms with Gasteiger partial charge in [0.1, 0.15) is 6.07 Å². The van der Waals surface area contributed by atoms with Crippen molar-refractivity contribution in [2.24, 2.45) is 0 Å². The molecular weight excluding hydrogens is 348 g/mol. The first-order valence-electron chi connectivity index (χ1n) is 9.84. The molecule has 0 unspecified atom stereocenters. The van der Waals surface area contributed by atoms with Crippen LogP contribution in [0.4, 0.5) is 11.6 Å². The van der Waals surface area contributed by atoms with Gasteiger partial charge >= 0.3 is 0 Å². The molecule has 1 aliphatic carbocycles. The second-order valence-electron chi connectivity index (χ2n) is 7.49. The number of nitrogens with zero attached hydrogens (tertiary/aromatic N) is 4. The zero-order valence-electron chi connectivity index (χ0n) is 15.7. The highest BCUT2D eigenvalue weighted by molar-refractivity contribution is 5.52. The number of anilines is 2. The third-order valence-electron chi connectivity index (χ3n) is 5.76. The van der Waals surface area contributed by atoms with Crippen LogP contribution in [-0.2, 0) is 0 Å². The van der Waals surface area contributed by atoms with Gasteiger partial charge in [0, 0.05) is 37.8 Å². The standard InChI is InChI=1S/C23H22N4O/c24-16-21-23(27-13-11-26(12-14-27)18-9-5-2-6-10-18)28-22(25-21)20-15-19(20)17-7-3-1-4-8-17/h1-10,19-20H,11-15H2/t19-,20-/m0/s1. The summed E-state index contributed by atoms with van der Waals surface area (Å²) in [6, 6.07) is 23.2. The SMILES string of the molecule is N#Cc1nc([C@H]2C[C@H]2c2ccccc2)oc1N1CCN(c2ccccc2)CC1. The van der Waals surface area contributed by atoms with Gasteiger partial charge in [0.2, 0.25) is 17.5 Å². The lowest BCUT2D eigenvalue weighted by atomic mass is 10.1. The zero-order chi connectivity index (χ0) is 18.9. The average Bonchev–Trinajstić information content (AvgIpc) is 3.46. The van der Waals surface area contributed by atoms with Crippen LogP contribution >= 0.6 is 0 Å². The summed E-state index contributed by atoms with van der Waals surface area (Å²) in [5, 5.41) is 9.57. The van der Waals surface area contributed by atoms with Gasteiger partial charge in [0.05, 0.1) is 0 Å². The third kappa shape index (κ3) is 3.11. The number of benzene rings is 2. The molecule has 0 bridgehead atoms. The fourth-order valence-electron chi connectivity index (χ4n) is 4.12. The maximum atomic E-state index is 9.57. The van der Waals surface area contributed by atoms with E-state index in [1.807, 2.05) is 12.1 Å². The van der Waals surface area contributed by atoms with Crippen LogP contribution in [0.3, 0.4) is 0 Å². The van der Waals surface area contributed by atoms with Gasteiger partial charge < -0.3 is 14.2 Å². The smallest absolute Gasteiger partial charge is 0.234 e. The predicted octanol–water partition coefficient (Wildman–Crippen LogP) is 4.14. The van der Waals surface area contributed by atoms with E-state index < -0.39 is 0 Å². The van der Waals surface area contributed by atoms with E-state index in [-0.39, 0.29) is 5.92 Å². The Hall–Kier alpha value is -3.26. The summed E-state index contributed by atoms with van der Waals surface area (Å²) in [7, 11) is 0. The van der Waals surface area contributed by atoms with Crippen LogP contribution in [0, 0.1) is 11.3 Å². The van der Waals surface area contributed by atoms with Crippen molar-refractivity contribution in [2.75, 3.05) is 36.0 Å². The van der Waals surface area contributed by atoms with Crippen molar-refractivity contribution in [2.45, 2.75) is 18.3 Å². The number of rotatable bonds is 4. The van der Waals surface area contributed by atoms with E-state index in [0.29, 0.717) is 23.4 Å². The van der Waals surface area contributed by atoms with Gasteiger partial charge in [-0.05, 0) is 30.0 Å². The third-order valence-corrected chi connectivity index (χ3v) is 5.76. The molecule has 0 radical (unpaired) electrons. The summed E-state index contributed by atoms with van der Waals surface area (Å²) >= 11 is 0. The van der Waals surface area contributed by atoms with Crippen molar-refractivity contribution in [3.05, 3.63) is 77.8 Å². The van der Waals surface area contributed by atoms with Gasteiger partial charge in [0.25, 0.3) is 0 Å². The minimum Gasteiger partial charge on any atom is -0.423 e. The number of para-hydroxylation sites is 1. The monoisotopic (exact) mass is 370 g/mol. The Morgan fingerprint density at radius 1 is 0.857 bits per heavy atom. The molecule has 1 aromatic heterocycles. The minimum absolute atomic E-state index is 0.286. The van der Waals surface area contributed by atoms with Gasteiger partial charge in [-0.2, -0.15) is 5.26 Å². The van der Waals surface area contributed by atoms with E-state index in [1.54, 1.807) is 0 Å². The van der Waals surface area contributed by atoms with Crippen molar-refractivity contribution in [3.8, 4) is 6.07 Å². The number of hydrogen-bond donors (Lipinski definition) is 0. The van der Waals surface area contributed by atoms with E-state index in [9.17, 15) is 5.26 Å². The molecule has 2 aromatic carbocycles. The summed E-state index contributed by atoms with van der Waals surface area (Å²) in [6.07, 6.45) is 1.04. The molecule has 2 atom stereocenters. The van der Waals surface area contributed by atoms with E-state index in [4.69, 9.17) is 4.42 Å². The molecule has 5 nitrogen and oxygen atoms in total. The van der Waals surface area contributed by atoms with Crippen molar-refractivity contribution < 1.29 is 4.42 Å². The lowest BCUT2D eigenvalue weighted by Gasteiger charge is -2.35. The number of piperazine rings is 1. The van der Waals surface area contributed by atoms with Crippen molar-refractivity contribution >= 4 is 11.6 Å². The van der Waals surface area contributed by atoms with Crippen LogP contribution in [0.5, 0.6) is 0 Å². The summed E-state index contributed by atoms with van der Waals surface area (Å²) in [5.41, 5.74) is 2.98. The van der Waals surface area contributed by atoms with E-state index in [1.165, 1.54) is 11.3 Å². The molecule has 0 amide bonds. The number of hydrogen-bond acceptors (Lipinski definition) is 5. The highest BCUT2D eigenvalue weighted by Crippen LogP contribution is 2.54. The van der Waals surface area contributed by atoms with Gasteiger partial charge in [-0.3, -0.25) is 0 Å². The molecule has 5 heteroatoms. The van der Waals surface area contributed by atoms with Gasteiger partial charge in [-0.1, -0.05) is 48.5 Å². The van der Waals surface area contributed by atoms with Gasteiger partial charge in [0.15, 0.2) is 0 Å². The summed E-state index contributed by atoms with van der Waals surface area (Å²) in [5.74, 6) is 2.10. The van der Waals surface area contributed by atoms with Crippen LogP contribution in [0.2, 0.25) is 0 Å². The second-order valence-corrected chi connectivity index (χ2v) is 7.49. The zero-order valence-corrected chi connectivity index (χ0v) is 15.7. The number of nitriles is 1. The maximum absolute atomic E-state index is 9.57. The molecule has 140 valence electrons. The minimum atomic E-state index is 0.286. The summed E-state index contributed by atoms with van der Waals surface area (Å²) in [4.78, 5) is 9.06. The maximum Gasteiger partial charge on any atom is 0.234 e. The first kappa shape index (κ1) is 16.9. The van der Waals surface area contributed by atoms with Crippen LogP contribution in [0.1, 0.15) is 35.4 Å². The van der Waals surface area contributed by atoms with E-state index in [0.717, 1.165) is 32.6 Å². The lowest BCUT2D eigenvalue weighted by Crippen LogP contribution is -2.46. The fourth-order valence-corrected chi connectivity index (χ4v) is 4.12. The molecule has 2 fully saturated rings. The van der Waals surface area contributed by atoms with E-state index in [2.05, 4.69) is 69.4 Å². The topological polar surface area (TPSA) is 56.3 Å². The Morgan fingerprint density at radius 2 is 1.50 bits per heavy atom. The molecule has 0 spiro atoms. The normalized spacial score (nSPS) is 21.4. The summed E-state index contributed by atoms with van der Waals surface area (Å²) < 4.78 is 6.14. The van der Waals surface area contributed by atoms with E-state index >= 15 is 0 Å². The molecule has 2 heterocycles. The molecule has 1 saturated carbocycles. The van der Waals surface area contributed by atoms with Crippen LogP contribution in [0.15, 0.2) is 65.1 Å². The fraction of sp³-hybridized carbons (Fsp3) is 0.304. The molecule has 3 aromatic rings. The Bertz CT molecular complexity index is 984. The predicted molar refractivity (Wildman–Crippen MR) is 109 cm³/mol. The molecule has 28 heavy (non-hydrogen) atoms. The number of oxazole rings is 1. The Balaban J connectivity index is 1.30. The Labute approximate surface area is 164 Å².